The van der Waals surface area contributed by atoms with Crippen LogP contribution in [0.1, 0.15) is 35.5 Å². The van der Waals surface area contributed by atoms with Gasteiger partial charge in [-0.25, -0.2) is 4.68 Å². The van der Waals surface area contributed by atoms with Crippen LogP contribution in [0, 0.1) is 27.2 Å². The number of rotatable bonds is 10. The molecular formula is C34H30N6O9. The molecule has 15 nitrogen and oxygen atoms in total. The van der Waals surface area contributed by atoms with Crippen LogP contribution in [-0.4, -0.2) is 42.5 Å². The van der Waals surface area contributed by atoms with Gasteiger partial charge in [0.2, 0.25) is 0 Å². The third kappa shape index (κ3) is 7.51. The number of carbonyl (C=O) groups excluding carboxylic acids is 1. The number of hydrogen-bond donors (Lipinski definition) is 2. The normalized spacial score (nSPS) is 10.8. The highest BCUT2D eigenvalue weighted by atomic mass is 16.6. The Morgan fingerprint density at radius 2 is 1.67 bits per heavy atom. The van der Waals surface area contributed by atoms with E-state index in [9.17, 15) is 34.9 Å². The van der Waals surface area contributed by atoms with Crippen molar-refractivity contribution in [1.82, 2.24) is 20.3 Å². The number of carbonyl (C=O) groups is 1. The molecule has 0 fully saturated rings. The summed E-state index contributed by atoms with van der Waals surface area (Å²) in [5.74, 6) is 0.319. The minimum Gasteiger partial charge on any atom is -0.508 e. The average molecular weight is 667 g/mol. The number of phenols is 1. The van der Waals surface area contributed by atoms with Gasteiger partial charge in [-0.2, -0.15) is 0 Å². The maximum absolute atomic E-state index is 12.5. The van der Waals surface area contributed by atoms with Crippen molar-refractivity contribution in [2.24, 2.45) is 0 Å². The molecule has 1 aliphatic carbocycles. The highest BCUT2D eigenvalue weighted by Gasteiger charge is 2.21. The molecule has 250 valence electrons. The topological polar surface area (TPSA) is 206 Å². The Morgan fingerprint density at radius 3 is 2.37 bits per heavy atom. The molecule has 0 unspecified atom stereocenters. The Labute approximate surface area is 278 Å². The lowest BCUT2D eigenvalue weighted by atomic mass is 9.91. The van der Waals surface area contributed by atoms with Crippen molar-refractivity contribution in [2.75, 3.05) is 6.61 Å². The van der Waals surface area contributed by atoms with Crippen LogP contribution in [0.3, 0.4) is 0 Å². The third-order valence-corrected chi connectivity index (χ3v) is 7.34. The molecule has 1 amide bonds. The molecule has 0 spiro atoms. The first-order valence-electron chi connectivity index (χ1n) is 15.1. The molecule has 0 saturated heterocycles. The Bertz CT molecular complexity index is 2190. The second-order valence-corrected chi connectivity index (χ2v) is 10.5. The SMILES string of the molecule is CC.Cc1cc(OCCn2cc(CNC(=O)c3cc([N+](=O)[O-])cc([N+](=O)[O-])c3)nn2)ccc1-c1c2ccc(=O)cc-2oc2cc(O)ccc12. The van der Waals surface area contributed by atoms with Gasteiger partial charge in [0.25, 0.3) is 17.3 Å². The van der Waals surface area contributed by atoms with E-state index in [0.717, 1.165) is 45.8 Å². The van der Waals surface area contributed by atoms with Gasteiger partial charge in [-0.1, -0.05) is 25.1 Å². The van der Waals surface area contributed by atoms with Crippen molar-refractivity contribution in [3.05, 3.63) is 126 Å². The minimum absolute atomic E-state index is 0.0447. The molecule has 3 aromatic carbocycles. The second kappa shape index (κ2) is 14.4. The summed E-state index contributed by atoms with van der Waals surface area (Å²) in [6.07, 6.45) is 1.59. The molecule has 4 aromatic rings. The number of hydrogen-bond acceptors (Lipinski definition) is 11. The number of non-ortho nitro benzene ring substituents is 2. The molecule has 49 heavy (non-hydrogen) atoms. The number of aromatic nitrogens is 3. The number of fused-ring (bicyclic) bond motifs is 2. The molecule has 0 atom stereocenters. The maximum Gasteiger partial charge on any atom is 0.277 e. The van der Waals surface area contributed by atoms with Crippen LogP contribution in [0.25, 0.3) is 33.4 Å². The number of amides is 1. The molecule has 2 heterocycles. The first-order valence-corrected chi connectivity index (χ1v) is 15.1. The van der Waals surface area contributed by atoms with Crippen LogP contribution in [0.4, 0.5) is 11.4 Å². The largest absolute Gasteiger partial charge is 0.508 e. The zero-order valence-electron chi connectivity index (χ0n) is 26.6. The van der Waals surface area contributed by atoms with E-state index in [1.54, 1.807) is 24.4 Å². The number of nitrogens with zero attached hydrogens (tertiary/aromatic N) is 5. The van der Waals surface area contributed by atoms with Crippen molar-refractivity contribution >= 4 is 28.3 Å². The summed E-state index contributed by atoms with van der Waals surface area (Å²) >= 11 is 0. The van der Waals surface area contributed by atoms with Crippen LogP contribution >= 0.6 is 0 Å². The molecule has 6 rings (SSSR count). The minimum atomic E-state index is -0.811. The number of benzene rings is 4. The Balaban J connectivity index is 0.00000230. The predicted molar refractivity (Wildman–Crippen MR) is 179 cm³/mol. The maximum atomic E-state index is 12.5. The highest BCUT2D eigenvalue weighted by molar-refractivity contribution is 6.02. The van der Waals surface area contributed by atoms with Gasteiger partial charge < -0.3 is 19.6 Å². The van der Waals surface area contributed by atoms with E-state index in [4.69, 9.17) is 9.15 Å². The third-order valence-electron chi connectivity index (χ3n) is 7.34. The molecule has 0 bridgehead atoms. The van der Waals surface area contributed by atoms with Crippen LogP contribution < -0.4 is 15.5 Å². The Kier molecular flexibility index (Phi) is 9.92. The summed E-state index contributed by atoms with van der Waals surface area (Å²) in [4.78, 5) is 45.2. The van der Waals surface area contributed by atoms with Gasteiger partial charge >= 0.3 is 0 Å². The van der Waals surface area contributed by atoms with Gasteiger partial charge in [0.05, 0.1) is 40.8 Å². The summed E-state index contributed by atoms with van der Waals surface area (Å²) in [5.41, 5.74) is 2.69. The van der Waals surface area contributed by atoms with Crippen molar-refractivity contribution in [3.63, 3.8) is 0 Å². The van der Waals surface area contributed by atoms with Gasteiger partial charge in [-0.15, -0.1) is 5.10 Å². The Morgan fingerprint density at radius 1 is 0.959 bits per heavy atom. The summed E-state index contributed by atoms with van der Waals surface area (Å²) in [6, 6.07) is 17.8. The zero-order valence-corrected chi connectivity index (χ0v) is 26.6. The van der Waals surface area contributed by atoms with Crippen molar-refractivity contribution in [3.8, 4) is 33.9 Å². The Hall–Kier alpha value is -6.64. The zero-order chi connectivity index (χ0) is 35.2. The number of phenolic OH excluding ortho intramolecular Hbond substituents is 1. The van der Waals surface area contributed by atoms with Crippen LogP contribution in [0.2, 0.25) is 0 Å². The fourth-order valence-corrected chi connectivity index (χ4v) is 5.15. The molecule has 1 aromatic heterocycles. The van der Waals surface area contributed by atoms with E-state index in [-0.39, 0.29) is 29.9 Å². The van der Waals surface area contributed by atoms with E-state index in [1.165, 1.54) is 22.9 Å². The average Bonchev–Trinajstić information content (AvgIpc) is 3.54. The first-order chi connectivity index (χ1) is 23.5. The van der Waals surface area contributed by atoms with Crippen LogP contribution in [0.5, 0.6) is 11.5 Å². The van der Waals surface area contributed by atoms with E-state index in [2.05, 4.69) is 15.6 Å². The number of ether oxygens (including phenoxy) is 1. The first kappa shape index (κ1) is 33.7. The lowest BCUT2D eigenvalue weighted by Crippen LogP contribution is -2.23. The molecule has 2 aliphatic rings. The van der Waals surface area contributed by atoms with E-state index >= 15 is 0 Å². The molecular weight excluding hydrogens is 636 g/mol. The smallest absolute Gasteiger partial charge is 0.277 e. The predicted octanol–water partition coefficient (Wildman–Crippen LogP) is 6.02. The van der Waals surface area contributed by atoms with E-state index in [1.807, 2.05) is 39.0 Å². The van der Waals surface area contributed by atoms with Gasteiger partial charge in [-0.3, -0.25) is 29.8 Å². The monoisotopic (exact) mass is 666 g/mol. The number of nitro groups is 2. The number of nitrogens with one attached hydrogen (secondary N) is 1. The standard InChI is InChI=1S/C32H24N6O9.C2H6/c1-18-10-25(4-7-26(18)31-27-5-2-23(39)14-29(27)47-30-15-24(40)3-6-28(30)31)46-9-8-36-17-20(34-35-36)16-33-32(41)19-11-21(37(42)43)13-22(12-19)38(44)45;1-2/h2-7,10-15,17,39H,8-9,16H2,1H3,(H,33,41);1-2H3. The molecule has 15 heteroatoms. The van der Waals surface area contributed by atoms with Crippen molar-refractivity contribution < 1.29 is 28.9 Å². The number of nitro benzene ring substituents is 2. The molecule has 2 N–H and O–H groups in total. The lowest BCUT2D eigenvalue weighted by Gasteiger charge is -2.17. The summed E-state index contributed by atoms with van der Waals surface area (Å²) in [5, 5.41) is 43.6. The summed E-state index contributed by atoms with van der Waals surface area (Å²) in [7, 11) is 0. The molecule has 0 saturated carbocycles. The fourth-order valence-electron chi connectivity index (χ4n) is 5.15. The number of aromatic hydroxyl groups is 1. The summed E-state index contributed by atoms with van der Waals surface area (Å²) in [6.45, 7) is 6.45. The van der Waals surface area contributed by atoms with Crippen LogP contribution in [0.15, 0.2) is 88.2 Å². The fraction of sp³-hybridized carbons (Fsp3) is 0.176. The molecule has 0 radical (unpaired) electrons. The van der Waals surface area contributed by atoms with Gasteiger partial charge in [0, 0.05) is 40.8 Å². The van der Waals surface area contributed by atoms with Gasteiger partial charge in [-0.05, 0) is 54.4 Å². The quantitative estimate of drug-likeness (QED) is 0.0981. The summed E-state index contributed by atoms with van der Waals surface area (Å²) < 4.78 is 13.4. The van der Waals surface area contributed by atoms with Crippen molar-refractivity contribution in [1.29, 1.82) is 0 Å². The van der Waals surface area contributed by atoms with Gasteiger partial charge in [0.15, 0.2) is 5.43 Å². The lowest BCUT2D eigenvalue weighted by molar-refractivity contribution is -0.394. The highest BCUT2D eigenvalue weighted by Crippen LogP contribution is 2.42. The number of aryl methyl sites for hydroxylation is 1. The second-order valence-electron chi connectivity index (χ2n) is 10.5. The van der Waals surface area contributed by atoms with Gasteiger partial charge in [0.1, 0.15) is 35.1 Å². The van der Waals surface area contributed by atoms with E-state index in [0.29, 0.717) is 29.3 Å². The van der Waals surface area contributed by atoms with Crippen LogP contribution in [-0.2, 0) is 13.1 Å². The molecule has 1 aliphatic heterocycles. The van der Waals surface area contributed by atoms with Crippen molar-refractivity contribution in [2.45, 2.75) is 33.9 Å². The van der Waals surface area contributed by atoms with E-state index < -0.39 is 27.1 Å².